The summed E-state index contributed by atoms with van der Waals surface area (Å²) in [6, 6.07) is 20.5. The molecule has 0 saturated heterocycles. The van der Waals surface area contributed by atoms with Crippen molar-refractivity contribution < 1.29 is 17.4 Å². The van der Waals surface area contributed by atoms with Gasteiger partial charge in [0.25, 0.3) is 5.91 Å². The van der Waals surface area contributed by atoms with Crippen molar-refractivity contribution in [3.63, 3.8) is 0 Å². The molecule has 0 fully saturated rings. The van der Waals surface area contributed by atoms with Crippen LogP contribution < -0.4 is 4.18 Å². The Morgan fingerprint density at radius 2 is 1.66 bits per heavy atom. The van der Waals surface area contributed by atoms with Crippen LogP contribution in [-0.4, -0.2) is 31.5 Å². The van der Waals surface area contributed by atoms with Crippen LogP contribution in [0.4, 0.5) is 0 Å². The average Bonchev–Trinajstić information content (AvgIpc) is 2.70. The Hall–Kier alpha value is -2.86. The summed E-state index contributed by atoms with van der Waals surface area (Å²) in [5.74, 6) is 0.235. The van der Waals surface area contributed by atoms with Gasteiger partial charge in [0, 0.05) is 18.2 Å². The average molecular weight is 412 g/mol. The molecule has 152 valence electrons. The lowest BCUT2D eigenvalue weighted by atomic mass is 10.0. The number of hydrogen-bond acceptors (Lipinski definition) is 4. The third-order valence-electron chi connectivity index (χ3n) is 4.93. The van der Waals surface area contributed by atoms with E-state index in [0.29, 0.717) is 12.1 Å². The second kappa shape index (κ2) is 8.66. The Bertz CT molecular complexity index is 1100. The van der Waals surface area contributed by atoms with Crippen LogP contribution in [-0.2, 0) is 16.7 Å². The third kappa shape index (κ3) is 5.15. The molecule has 6 heteroatoms. The molecule has 0 bridgehead atoms. The van der Waals surface area contributed by atoms with Gasteiger partial charge in [-0.2, -0.15) is 8.42 Å². The second-order valence-electron chi connectivity index (χ2n) is 7.15. The van der Waals surface area contributed by atoms with Crippen molar-refractivity contribution in [3.05, 3.63) is 77.9 Å². The molecule has 0 unspecified atom stereocenters. The van der Waals surface area contributed by atoms with E-state index in [2.05, 4.69) is 6.92 Å². The number of fused-ring (bicyclic) bond motifs is 1. The fraction of sp³-hybridized carbons (Fsp3) is 0.261. The molecule has 29 heavy (non-hydrogen) atoms. The minimum atomic E-state index is -3.57. The molecule has 0 aliphatic rings. The molecule has 1 atom stereocenters. The summed E-state index contributed by atoms with van der Waals surface area (Å²) in [7, 11) is -3.57. The Kier molecular flexibility index (Phi) is 6.23. The summed E-state index contributed by atoms with van der Waals surface area (Å²) < 4.78 is 27.4. The minimum absolute atomic E-state index is 0.0207. The lowest BCUT2D eigenvalue weighted by Crippen LogP contribution is -2.37. The van der Waals surface area contributed by atoms with E-state index in [9.17, 15) is 13.2 Å². The van der Waals surface area contributed by atoms with Crippen molar-refractivity contribution in [1.82, 2.24) is 4.90 Å². The summed E-state index contributed by atoms with van der Waals surface area (Å²) in [4.78, 5) is 15.3. The van der Waals surface area contributed by atoms with Gasteiger partial charge in [0.05, 0.1) is 6.26 Å². The number of carbonyl (C=O) groups excluding carboxylic acids is 1. The Balaban J connectivity index is 1.89. The Labute approximate surface area is 172 Å². The lowest BCUT2D eigenvalue weighted by molar-refractivity contribution is 0.0673. The van der Waals surface area contributed by atoms with Crippen molar-refractivity contribution in [2.24, 2.45) is 0 Å². The highest BCUT2D eigenvalue weighted by Gasteiger charge is 2.22. The highest BCUT2D eigenvalue weighted by Crippen LogP contribution is 2.23. The van der Waals surface area contributed by atoms with Gasteiger partial charge in [-0.25, -0.2) is 0 Å². The lowest BCUT2D eigenvalue weighted by Gasteiger charge is -2.29. The molecule has 0 aliphatic heterocycles. The van der Waals surface area contributed by atoms with Gasteiger partial charge in [-0.3, -0.25) is 4.79 Å². The molecular formula is C23H25NO4S. The van der Waals surface area contributed by atoms with E-state index in [1.165, 1.54) is 0 Å². The molecule has 0 N–H and O–H groups in total. The summed E-state index contributed by atoms with van der Waals surface area (Å²) in [6.07, 6.45) is 1.83. The van der Waals surface area contributed by atoms with E-state index >= 15 is 0 Å². The smallest absolute Gasteiger partial charge is 0.306 e. The predicted molar refractivity (Wildman–Crippen MR) is 115 cm³/mol. The zero-order chi connectivity index (χ0) is 21.0. The van der Waals surface area contributed by atoms with Crippen LogP contribution in [0.15, 0.2) is 66.7 Å². The molecule has 0 saturated carbocycles. The quantitative estimate of drug-likeness (QED) is 0.532. The highest BCUT2D eigenvalue weighted by molar-refractivity contribution is 7.86. The van der Waals surface area contributed by atoms with Crippen molar-refractivity contribution in [1.29, 1.82) is 0 Å². The molecule has 0 aromatic heterocycles. The van der Waals surface area contributed by atoms with Gasteiger partial charge >= 0.3 is 10.1 Å². The standard InChI is InChI=1S/C23H25NO4S/c1-4-17(2)24(16-18-12-14-20(15-13-18)28-29(3,26)27)23(25)22-11-7-9-19-8-5-6-10-21(19)22/h5-15,17H,4,16H2,1-3H3/t17-/m1/s1. The first-order chi connectivity index (χ1) is 13.8. The zero-order valence-electron chi connectivity index (χ0n) is 16.8. The Morgan fingerprint density at radius 3 is 2.31 bits per heavy atom. The number of nitrogens with zero attached hydrogens (tertiary/aromatic N) is 1. The summed E-state index contributed by atoms with van der Waals surface area (Å²) >= 11 is 0. The maximum Gasteiger partial charge on any atom is 0.306 e. The fourth-order valence-electron chi connectivity index (χ4n) is 3.24. The van der Waals surface area contributed by atoms with Crippen molar-refractivity contribution in [3.8, 4) is 5.75 Å². The van der Waals surface area contributed by atoms with Crippen LogP contribution in [0.3, 0.4) is 0 Å². The van der Waals surface area contributed by atoms with Crippen LogP contribution in [0, 0.1) is 0 Å². The van der Waals surface area contributed by atoms with E-state index in [4.69, 9.17) is 4.18 Å². The van der Waals surface area contributed by atoms with Crippen LogP contribution >= 0.6 is 0 Å². The summed E-state index contributed by atoms with van der Waals surface area (Å²) in [5, 5.41) is 1.97. The number of benzene rings is 3. The van der Waals surface area contributed by atoms with Gasteiger partial charge in [0.1, 0.15) is 5.75 Å². The number of rotatable bonds is 7. The minimum Gasteiger partial charge on any atom is -0.383 e. The van der Waals surface area contributed by atoms with E-state index in [0.717, 1.165) is 29.0 Å². The van der Waals surface area contributed by atoms with Crippen molar-refractivity contribution >= 4 is 26.8 Å². The van der Waals surface area contributed by atoms with E-state index in [1.807, 2.05) is 54.3 Å². The van der Waals surface area contributed by atoms with Gasteiger partial charge in [0.2, 0.25) is 0 Å². The molecule has 0 aliphatic carbocycles. The molecule has 3 aromatic carbocycles. The third-order valence-corrected chi connectivity index (χ3v) is 5.42. The molecular weight excluding hydrogens is 386 g/mol. The molecule has 3 aromatic rings. The van der Waals surface area contributed by atoms with Crippen LogP contribution in [0.25, 0.3) is 10.8 Å². The fourth-order valence-corrected chi connectivity index (χ4v) is 3.70. The van der Waals surface area contributed by atoms with Crippen molar-refractivity contribution in [2.45, 2.75) is 32.9 Å². The topological polar surface area (TPSA) is 63.7 Å². The van der Waals surface area contributed by atoms with E-state index < -0.39 is 10.1 Å². The largest absolute Gasteiger partial charge is 0.383 e. The SMILES string of the molecule is CC[C@@H](C)N(Cc1ccc(OS(C)(=O)=O)cc1)C(=O)c1cccc2ccccc12. The van der Waals surface area contributed by atoms with Crippen LogP contribution in [0.2, 0.25) is 0 Å². The Morgan fingerprint density at radius 1 is 1.00 bits per heavy atom. The number of hydrogen-bond donors (Lipinski definition) is 0. The van der Waals surface area contributed by atoms with Crippen LogP contribution in [0.1, 0.15) is 36.2 Å². The van der Waals surface area contributed by atoms with Gasteiger partial charge in [-0.05, 0) is 47.9 Å². The normalized spacial score (nSPS) is 12.5. The maximum atomic E-state index is 13.4. The number of carbonyl (C=O) groups is 1. The molecule has 0 heterocycles. The maximum absolute atomic E-state index is 13.4. The molecule has 0 radical (unpaired) electrons. The van der Waals surface area contributed by atoms with E-state index in [-0.39, 0.29) is 17.7 Å². The van der Waals surface area contributed by atoms with Gasteiger partial charge in [0.15, 0.2) is 0 Å². The highest BCUT2D eigenvalue weighted by atomic mass is 32.2. The molecule has 3 rings (SSSR count). The predicted octanol–water partition coefficient (Wildman–Crippen LogP) is 4.62. The monoisotopic (exact) mass is 411 g/mol. The summed E-state index contributed by atoms with van der Waals surface area (Å²) in [6.45, 7) is 4.51. The number of amides is 1. The van der Waals surface area contributed by atoms with Crippen LogP contribution in [0.5, 0.6) is 5.75 Å². The molecule has 5 nitrogen and oxygen atoms in total. The first-order valence-electron chi connectivity index (χ1n) is 9.55. The first-order valence-corrected chi connectivity index (χ1v) is 11.4. The second-order valence-corrected chi connectivity index (χ2v) is 8.72. The summed E-state index contributed by atoms with van der Waals surface area (Å²) in [5.41, 5.74) is 1.58. The van der Waals surface area contributed by atoms with Crippen molar-refractivity contribution in [2.75, 3.05) is 6.26 Å². The van der Waals surface area contributed by atoms with Gasteiger partial charge < -0.3 is 9.08 Å². The van der Waals surface area contributed by atoms with E-state index in [1.54, 1.807) is 24.3 Å². The van der Waals surface area contributed by atoms with Gasteiger partial charge in [-0.1, -0.05) is 55.5 Å². The first kappa shape index (κ1) is 20.9. The molecule has 1 amide bonds. The van der Waals surface area contributed by atoms with Gasteiger partial charge in [-0.15, -0.1) is 0 Å². The zero-order valence-corrected chi connectivity index (χ0v) is 17.6. The molecule has 0 spiro atoms.